The SMILES string of the molecule is CNC(Cc1cc(OC)ncn1)c1ccc(C)c(Br)c1. The maximum Gasteiger partial charge on any atom is 0.216 e. The Morgan fingerprint density at radius 2 is 2.10 bits per heavy atom. The third-order valence-electron chi connectivity index (χ3n) is 3.27. The van der Waals surface area contributed by atoms with Gasteiger partial charge in [-0.3, -0.25) is 0 Å². The zero-order valence-corrected chi connectivity index (χ0v) is 13.4. The highest BCUT2D eigenvalue weighted by Gasteiger charge is 2.12. The molecule has 0 bridgehead atoms. The van der Waals surface area contributed by atoms with Crippen molar-refractivity contribution in [2.75, 3.05) is 14.2 Å². The topological polar surface area (TPSA) is 47.0 Å². The third kappa shape index (κ3) is 3.55. The van der Waals surface area contributed by atoms with Crippen molar-refractivity contribution in [3.8, 4) is 5.88 Å². The summed E-state index contributed by atoms with van der Waals surface area (Å²) in [7, 11) is 3.57. The summed E-state index contributed by atoms with van der Waals surface area (Å²) in [5.74, 6) is 0.593. The minimum Gasteiger partial charge on any atom is -0.481 e. The van der Waals surface area contributed by atoms with E-state index in [-0.39, 0.29) is 6.04 Å². The smallest absolute Gasteiger partial charge is 0.216 e. The van der Waals surface area contributed by atoms with Crippen molar-refractivity contribution in [2.24, 2.45) is 0 Å². The number of nitrogens with zero attached hydrogens (tertiary/aromatic N) is 2. The highest BCUT2D eigenvalue weighted by Crippen LogP contribution is 2.24. The second kappa shape index (κ2) is 6.81. The zero-order valence-electron chi connectivity index (χ0n) is 11.9. The number of nitrogens with one attached hydrogen (secondary N) is 1. The number of hydrogen-bond donors (Lipinski definition) is 1. The number of aromatic nitrogens is 2. The number of aryl methyl sites for hydroxylation is 1. The number of likely N-dealkylation sites (N-methyl/N-ethyl adjacent to an activating group) is 1. The summed E-state index contributed by atoms with van der Waals surface area (Å²) in [5, 5.41) is 3.33. The average molecular weight is 336 g/mol. The fourth-order valence-corrected chi connectivity index (χ4v) is 2.42. The fraction of sp³-hybridized carbons (Fsp3) is 0.333. The molecule has 0 amide bonds. The molecule has 106 valence electrons. The molecule has 1 heterocycles. The Hall–Kier alpha value is -1.46. The van der Waals surface area contributed by atoms with Gasteiger partial charge in [-0.15, -0.1) is 0 Å². The van der Waals surface area contributed by atoms with Crippen LogP contribution in [-0.2, 0) is 6.42 Å². The van der Waals surface area contributed by atoms with Crippen LogP contribution in [-0.4, -0.2) is 24.1 Å². The Labute approximate surface area is 127 Å². The number of halogens is 1. The van der Waals surface area contributed by atoms with Crippen LogP contribution in [0.2, 0.25) is 0 Å². The molecule has 1 aromatic carbocycles. The molecule has 0 radical (unpaired) electrons. The molecular formula is C15H18BrN3O. The summed E-state index contributed by atoms with van der Waals surface area (Å²) in [6.07, 6.45) is 2.32. The summed E-state index contributed by atoms with van der Waals surface area (Å²) in [4.78, 5) is 8.33. The molecular weight excluding hydrogens is 318 g/mol. The number of benzene rings is 1. The lowest BCUT2D eigenvalue weighted by molar-refractivity contribution is 0.395. The Morgan fingerprint density at radius 1 is 1.30 bits per heavy atom. The van der Waals surface area contributed by atoms with E-state index in [1.807, 2.05) is 13.1 Å². The van der Waals surface area contributed by atoms with Crippen LogP contribution in [0.25, 0.3) is 0 Å². The van der Waals surface area contributed by atoms with Crippen molar-refractivity contribution in [1.82, 2.24) is 15.3 Å². The normalized spacial score (nSPS) is 12.2. The van der Waals surface area contributed by atoms with Crippen molar-refractivity contribution < 1.29 is 4.74 Å². The molecule has 0 fully saturated rings. The van der Waals surface area contributed by atoms with Gasteiger partial charge in [0.05, 0.1) is 7.11 Å². The van der Waals surface area contributed by atoms with Crippen LogP contribution in [0.4, 0.5) is 0 Å². The number of hydrogen-bond acceptors (Lipinski definition) is 4. The average Bonchev–Trinajstić information content (AvgIpc) is 2.48. The van der Waals surface area contributed by atoms with Crippen LogP contribution < -0.4 is 10.1 Å². The van der Waals surface area contributed by atoms with Gasteiger partial charge in [0.25, 0.3) is 0 Å². The van der Waals surface area contributed by atoms with E-state index in [2.05, 4.69) is 56.3 Å². The van der Waals surface area contributed by atoms with E-state index in [4.69, 9.17) is 4.74 Å². The first-order valence-electron chi connectivity index (χ1n) is 6.42. The lowest BCUT2D eigenvalue weighted by Crippen LogP contribution is -2.19. The summed E-state index contributed by atoms with van der Waals surface area (Å²) in [5.41, 5.74) is 3.41. The minimum absolute atomic E-state index is 0.200. The van der Waals surface area contributed by atoms with Crippen LogP contribution in [0, 0.1) is 6.92 Å². The van der Waals surface area contributed by atoms with Gasteiger partial charge in [-0.25, -0.2) is 9.97 Å². The number of methoxy groups -OCH3 is 1. The predicted molar refractivity (Wildman–Crippen MR) is 83.0 cm³/mol. The maximum absolute atomic E-state index is 5.13. The van der Waals surface area contributed by atoms with Crippen LogP contribution >= 0.6 is 15.9 Å². The van der Waals surface area contributed by atoms with Crippen molar-refractivity contribution in [1.29, 1.82) is 0 Å². The molecule has 4 nitrogen and oxygen atoms in total. The van der Waals surface area contributed by atoms with Gasteiger partial charge in [0.2, 0.25) is 5.88 Å². The second-order valence-electron chi connectivity index (χ2n) is 4.61. The number of ether oxygens (including phenoxy) is 1. The van der Waals surface area contributed by atoms with Gasteiger partial charge in [-0.05, 0) is 31.2 Å². The molecule has 5 heteroatoms. The highest BCUT2D eigenvalue weighted by atomic mass is 79.9. The van der Waals surface area contributed by atoms with Crippen molar-refractivity contribution in [2.45, 2.75) is 19.4 Å². The molecule has 1 atom stereocenters. The molecule has 0 saturated carbocycles. The van der Waals surface area contributed by atoms with Crippen LogP contribution in [0.3, 0.4) is 0 Å². The van der Waals surface area contributed by atoms with Crippen molar-refractivity contribution >= 4 is 15.9 Å². The molecule has 0 aliphatic heterocycles. The zero-order chi connectivity index (χ0) is 14.5. The van der Waals surface area contributed by atoms with Gasteiger partial charge >= 0.3 is 0 Å². The van der Waals surface area contributed by atoms with Gasteiger partial charge in [0.1, 0.15) is 6.33 Å². The van der Waals surface area contributed by atoms with Gasteiger partial charge in [0, 0.05) is 28.7 Å². The Kier molecular flexibility index (Phi) is 5.09. The molecule has 2 aromatic rings. The molecule has 0 spiro atoms. The molecule has 2 rings (SSSR count). The predicted octanol–water partition coefficient (Wildman–Crippen LogP) is 3.06. The summed E-state index contributed by atoms with van der Waals surface area (Å²) in [6, 6.07) is 8.47. The van der Waals surface area contributed by atoms with Crippen molar-refractivity contribution in [3.63, 3.8) is 0 Å². The maximum atomic E-state index is 5.13. The number of rotatable bonds is 5. The van der Waals surface area contributed by atoms with E-state index in [1.54, 1.807) is 7.11 Å². The van der Waals surface area contributed by atoms with E-state index in [1.165, 1.54) is 17.5 Å². The fourth-order valence-electron chi connectivity index (χ4n) is 2.02. The monoisotopic (exact) mass is 335 g/mol. The van der Waals surface area contributed by atoms with Gasteiger partial charge < -0.3 is 10.1 Å². The van der Waals surface area contributed by atoms with Crippen molar-refractivity contribution in [3.05, 3.63) is 51.9 Å². The van der Waals surface area contributed by atoms with E-state index in [0.717, 1.165) is 16.6 Å². The Bertz CT molecular complexity index is 589. The van der Waals surface area contributed by atoms with Gasteiger partial charge in [-0.2, -0.15) is 0 Å². The van der Waals surface area contributed by atoms with Crippen LogP contribution in [0.15, 0.2) is 35.1 Å². The molecule has 1 N–H and O–H groups in total. The first-order valence-corrected chi connectivity index (χ1v) is 7.21. The quantitative estimate of drug-likeness (QED) is 0.912. The summed E-state index contributed by atoms with van der Waals surface area (Å²) >= 11 is 3.58. The third-order valence-corrected chi connectivity index (χ3v) is 4.12. The Balaban J connectivity index is 2.21. The molecule has 0 aliphatic carbocycles. The highest BCUT2D eigenvalue weighted by molar-refractivity contribution is 9.10. The first kappa shape index (κ1) is 14.9. The molecule has 1 unspecified atom stereocenters. The molecule has 0 aliphatic rings. The summed E-state index contributed by atoms with van der Waals surface area (Å²) < 4.78 is 6.25. The molecule has 0 saturated heterocycles. The van der Waals surface area contributed by atoms with E-state index in [9.17, 15) is 0 Å². The lowest BCUT2D eigenvalue weighted by Gasteiger charge is -2.17. The van der Waals surface area contributed by atoms with Gasteiger partial charge in [0.15, 0.2) is 0 Å². The standard InChI is InChI=1S/C15H18BrN3O/c1-10-4-5-11(6-13(10)16)14(17-2)7-12-8-15(20-3)19-9-18-12/h4-6,8-9,14,17H,7H2,1-3H3. The van der Waals surface area contributed by atoms with E-state index >= 15 is 0 Å². The molecule has 20 heavy (non-hydrogen) atoms. The van der Waals surface area contributed by atoms with E-state index in [0.29, 0.717) is 5.88 Å². The first-order chi connectivity index (χ1) is 9.63. The Morgan fingerprint density at radius 3 is 2.75 bits per heavy atom. The largest absolute Gasteiger partial charge is 0.481 e. The van der Waals surface area contributed by atoms with Gasteiger partial charge in [-0.1, -0.05) is 28.1 Å². The van der Waals surface area contributed by atoms with Crippen LogP contribution in [0.1, 0.15) is 22.9 Å². The second-order valence-corrected chi connectivity index (χ2v) is 5.46. The summed E-state index contributed by atoms with van der Waals surface area (Å²) in [6.45, 7) is 2.08. The minimum atomic E-state index is 0.200. The molecule has 1 aromatic heterocycles. The van der Waals surface area contributed by atoms with E-state index < -0.39 is 0 Å². The van der Waals surface area contributed by atoms with Crippen LogP contribution in [0.5, 0.6) is 5.88 Å². The lowest BCUT2D eigenvalue weighted by atomic mass is 10.0.